The first-order chi connectivity index (χ1) is 7.38. The van der Waals surface area contributed by atoms with Crippen molar-refractivity contribution in [1.29, 1.82) is 0 Å². The van der Waals surface area contributed by atoms with Crippen molar-refractivity contribution in [2.24, 2.45) is 5.73 Å². The topological polar surface area (TPSA) is 29.3 Å². The van der Waals surface area contributed by atoms with E-state index in [1.54, 1.807) is 0 Å². The summed E-state index contributed by atoms with van der Waals surface area (Å²) in [6.07, 6.45) is 10.3. The standard InChI is InChI=1S/C12H26N2S/c1-15-11-5-4-10-14-9-3-2-6-12(14)7-8-13/h12H,2-11,13H2,1H3. The molecule has 15 heavy (non-hydrogen) atoms. The van der Waals surface area contributed by atoms with Gasteiger partial charge in [0.15, 0.2) is 0 Å². The van der Waals surface area contributed by atoms with E-state index in [2.05, 4.69) is 11.2 Å². The lowest BCUT2D eigenvalue weighted by atomic mass is 9.99. The maximum atomic E-state index is 5.67. The molecular formula is C12H26N2S. The SMILES string of the molecule is CSCCCCN1CCCCC1CCN. The summed E-state index contributed by atoms with van der Waals surface area (Å²) in [4.78, 5) is 2.68. The number of nitrogens with two attached hydrogens (primary N) is 1. The molecule has 1 atom stereocenters. The monoisotopic (exact) mass is 230 g/mol. The Morgan fingerprint density at radius 2 is 2.20 bits per heavy atom. The number of hydrogen-bond acceptors (Lipinski definition) is 3. The van der Waals surface area contributed by atoms with Crippen molar-refractivity contribution in [3.63, 3.8) is 0 Å². The summed E-state index contributed by atoms with van der Waals surface area (Å²) in [6.45, 7) is 3.46. The fraction of sp³-hybridized carbons (Fsp3) is 1.00. The van der Waals surface area contributed by atoms with Crippen LogP contribution in [0.2, 0.25) is 0 Å². The van der Waals surface area contributed by atoms with Gasteiger partial charge in [-0.3, -0.25) is 0 Å². The summed E-state index contributed by atoms with van der Waals surface area (Å²) in [7, 11) is 0. The fourth-order valence-electron chi connectivity index (χ4n) is 2.43. The number of unbranched alkanes of at least 4 members (excludes halogenated alkanes) is 1. The van der Waals surface area contributed by atoms with Crippen LogP contribution in [-0.4, -0.2) is 42.6 Å². The first-order valence-electron chi connectivity index (χ1n) is 6.31. The minimum atomic E-state index is 0.790. The Morgan fingerprint density at radius 3 is 2.93 bits per heavy atom. The zero-order chi connectivity index (χ0) is 10.9. The lowest BCUT2D eigenvalue weighted by molar-refractivity contribution is 0.140. The molecule has 0 aromatic rings. The second-order valence-corrected chi connectivity index (χ2v) is 5.45. The van der Waals surface area contributed by atoms with Gasteiger partial charge >= 0.3 is 0 Å². The van der Waals surface area contributed by atoms with Crippen LogP contribution in [0.3, 0.4) is 0 Å². The van der Waals surface area contributed by atoms with Gasteiger partial charge in [-0.15, -0.1) is 0 Å². The summed E-state index contributed by atoms with van der Waals surface area (Å²) in [5, 5.41) is 0. The Labute approximate surface area is 99.0 Å². The van der Waals surface area contributed by atoms with Crippen LogP contribution in [0.15, 0.2) is 0 Å². The molecular weight excluding hydrogens is 204 g/mol. The Hall–Kier alpha value is 0.270. The summed E-state index contributed by atoms with van der Waals surface area (Å²) in [6, 6.07) is 0.790. The Bertz CT molecular complexity index is 151. The molecule has 0 aromatic heterocycles. The van der Waals surface area contributed by atoms with Crippen LogP contribution in [0.1, 0.15) is 38.5 Å². The summed E-state index contributed by atoms with van der Waals surface area (Å²) >= 11 is 1.96. The summed E-state index contributed by atoms with van der Waals surface area (Å²) < 4.78 is 0. The zero-order valence-corrected chi connectivity index (χ0v) is 10.9. The van der Waals surface area contributed by atoms with E-state index < -0.39 is 0 Å². The fourth-order valence-corrected chi connectivity index (χ4v) is 2.93. The normalized spacial score (nSPS) is 23.2. The molecule has 0 aromatic carbocycles. The third-order valence-corrected chi connectivity index (χ3v) is 3.99. The molecule has 0 spiro atoms. The molecule has 1 rings (SSSR count). The van der Waals surface area contributed by atoms with Crippen LogP contribution in [0, 0.1) is 0 Å². The van der Waals surface area contributed by atoms with E-state index in [1.807, 2.05) is 11.8 Å². The predicted octanol–water partition coefficient (Wildman–Crippen LogP) is 2.33. The molecule has 1 fully saturated rings. The highest BCUT2D eigenvalue weighted by Gasteiger charge is 2.20. The molecule has 0 saturated carbocycles. The molecule has 0 radical (unpaired) electrons. The molecule has 0 aliphatic carbocycles. The molecule has 90 valence electrons. The first kappa shape index (κ1) is 13.3. The molecule has 1 aliphatic rings. The molecule has 0 bridgehead atoms. The van der Waals surface area contributed by atoms with Gasteiger partial charge < -0.3 is 10.6 Å². The van der Waals surface area contributed by atoms with Gasteiger partial charge in [-0.05, 0) is 63.7 Å². The number of likely N-dealkylation sites (tertiary alicyclic amines) is 1. The Morgan fingerprint density at radius 1 is 1.33 bits per heavy atom. The Kier molecular flexibility index (Phi) is 7.49. The van der Waals surface area contributed by atoms with E-state index in [0.717, 1.165) is 12.6 Å². The van der Waals surface area contributed by atoms with E-state index in [1.165, 1.54) is 57.4 Å². The van der Waals surface area contributed by atoms with Crippen molar-refractivity contribution in [3.8, 4) is 0 Å². The van der Waals surface area contributed by atoms with Gasteiger partial charge in [-0.1, -0.05) is 6.42 Å². The van der Waals surface area contributed by atoms with E-state index in [0.29, 0.717) is 0 Å². The average Bonchev–Trinajstić information content (AvgIpc) is 2.27. The molecule has 2 N–H and O–H groups in total. The van der Waals surface area contributed by atoms with Gasteiger partial charge in [-0.25, -0.2) is 0 Å². The highest BCUT2D eigenvalue weighted by molar-refractivity contribution is 7.98. The second kappa shape index (κ2) is 8.43. The largest absolute Gasteiger partial charge is 0.330 e. The lowest BCUT2D eigenvalue weighted by Crippen LogP contribution is -2.41. The molecule has 1 unspecified atom stereocenters. The number of hydrogen-bond donors (Lipinski definition) is 1. The van der Waals surface area contributed by atoms with Crippen LogP contribution in [0.4, 0.5) is 0 Å². The van der Waals surface area contributed by atoms with Crippen molar-refractivity contribution in [2.75, 3.05) is 31.6 Å². The lowest BCUT2D eigenvalue weighted by Gasteiger charge is -2.35. The summed E-state index contributed by atoms with van der Waals surface area (Å²) in [5.41, 5.74) is 5.67. The second-order valence-electron chi connectivity index (χ2n) is 4.46. The van der Waals surface area contributed by atoms with Gasteiger partial charge in [0.1, 0.15) is 0 Å². The van der Waals surface area contributed by atoms with Gasteiger partial charge in [0.2, 0.25) is 0 Å². The molecule has 2 nitrogen and oxygen atoms in total. The third-order valence-electron chi connectivity index (χ3n) is 3.29. The van der Waals surface area contributed by atoms with Crippen molar-refractivity contribution >= 4 is 11.8 Å². The molecule has 1 heterocycles. The highest BCUT2D eigenvalue weighted by Crippen LogP contribution is 2.19. The average molecular weight is 230 g/mol. The molecule has 1 aliphatic heterocycles. The number of thioether (sulfide) groups is 1. The predicted molar refractivity (Wildman–Crippen MR) is 70.5 cm³/mol. The molecule has 3 heteroatoms. The maximum absolute atomic E-state index is 5.67. The zero-order valence-electron chi connectivity index (χ0n) is 10.1. The molecule has 0 amide bonds. The molecule has 1 saturated heterocycles. The first-order valence-corrected chi connectivity index (χ1v) is 7.71. The smallest absolute Gasteiger partial charge is 0.0107 e. The minimum absolute atomic E-state index is 0.790. The number of piperidine rings is 1. The number of rotatable bonds is 7. The van der Waals surface area contributed by atoms with E-state index in [9.17, 15) is 0 Å². The quantitative estimate of drug-likeness (QED) is 0.681. The van der Waals surface area contributed by atoms with Crippen molar-refractivity contribution in [2.45, 2.75) is 44.6 Å². The van der Waals surface area contributed by atoms with Gasteiger partial charge in [0.05, 0.1) is 0 Å². The number of nitrogens with zero attached hydrogens (tertiary/aromatic N) is 1. The minimum Gasteiger partial charge on any atom is -0.330 e. The van der Waals surface area contributed by atoms with Crippen LogP contribution in [0.5, 0.6) is 0 Å². The van der Waals surface area contributed by atoms with Crippen LogP contribution >= 0.6 is 11.8 Å². The van der Waals surface area contributed by atoms with Crippen LogP contribution < -0.4 is 5.73 Å². The van der Waals surface area contributed by atoms with Crippen LogP contribution in [-0.2, 0) is 0 Å². The van der Waals surface area contributed by atoms with Gasteiger partial charge in [0.25, 0.3) is 0 Å². The van der Waals surface area contributed by atoms with E-state index in [4.69, 9.17) is 5.73 Å². The van der Waals surface area contributed by atoms with E-state index in [-0.39, 0.29) is 0 Å². The highest BCUT2D eigenvalue weighted by atomic mass is 32.2. The van der Waals surface area contributed by atoms with Crippen molar-refractivity contribution in [1.82, 2.24) is 4.90 Å². The summed E-state index contributed by atoms with van der Waals surface area (Å²) in [5.74, 6) is 1.31. The van der Waals surface area contributed by atoms with E-state index >= 15 is 0 Å². The van der Waals surface area contributed by atoms with Crippen LogP contribution in [0.25, 0.3) is 0 Å². The maximum Gasteiger partial charge on any atom is 0.0107 e. The third kappa shape index (κ3) is 5.23. The van der Waals surface area contributed by atoms with Gasteiger partial charge in [0, 0.05) is 6.04 Å². The van der Waals surface area contributed by atoms with Gasteiger partial charge in [-0.2, -0.15) is 11.8 Å². The van der Waals surface area contributed by atoms with Crippen molar-refractivity contribution < 1.29 is 0 Å². The Balaban J connectivity index is 2.17. The van der Waals surface area contributed by atoms with Crippen molar-refractivity contribution in [3.05, 3.63) is 0 Å².